The summed E-state index contributed by atoms with van der Waals surface area (Å²) in [5.74, 6) is 0.115. The monoisotopic (exact) mass is 272 g/mol. The van der Waals surface area contributed by atoms with Crippen LogP contribution in [0.1, 0.15) is 27.0 Å². The van der Waals surface area contributed by atoms with Gasteiger partial charge in [0.1, 0.15) is 0 Å². The molecular formula is C16H20N2O2. The van der Waals surface area contributed by atoms with E-state index in [0.717, 1.165) is 16.7 Å². The Labute approximate surface area is 120 Å². The Balaban J connectivity index is 2.09. The smallest absolute Gasteiger partial charge is 0.177 e. The van der Waals surface area contributed by atoms with Gasteiger partial charge in [-0.1, -0.05) is 6.07 Å². The molecule has 1 aliphatic rings. The summed E-state index contributed by atoms with van der Waals surface area (Å²) in [5, 5.41) is 8.88. The molecule has 2 rings (SSSR count). The Morgan fingerprint density at radius 1 is 1.35 bits per heavy atom. The summed E-state index contributed by atoms with van der Waals surface area (Å²) >= 11 is 0. The number of benzene rings is 1. The summed E-state index contributed by atoms with van der Waals surface area (Å²) in [5.41, 5.74) is 4.14. The molecule has 4 heteroatoms. The van der Waals surface area contributed by atoms with E-state index in [1.807, 2.05) is 24.8 Å². The maximum atomic E-state index is 12.4. The Kier molecular flexibility index (Phi) is 4.53. The standard InChI is InChI=1S/C16H20N2O2/c1-11-6-13(3)15(7-12(11)2)16(19)10-18-4-5-20-14(8-17)9-18/h6-7,14H,4-5,9-10H2,1-3H3. The van der Waals surface area contributed by atoms with Crippen LogP contribution in [0.5, 0.6) is 0 Å². The van der Waals surface area contributed by atoms with Crippen LogP contribution >= 0.6 is 0 Å². The molecule has 1 unspecified atom stereocenters. The molecule has 1 atom stereocenters. The minimum Gasteiger partial charge on any atom is -0.361 e. The maximum Gasteiger partial charge on any atom is 0.177 e. The number of ketones is 1. The second-order valence-corrected chi connectivity index (χ2v) is 5.40. The van der Waals surface area contributed by atoms with Crippen molar-refractivity contribution in [1.82, 2.24) is 4.90 Å². The molecule has 1 heterocycles. The highest BCUT2D eigenvalue weighted by molar-refractivity contribution is 5.99. The maximum absolute atomic E-state index is 12.4. The van der Waals surface area contributed by atoms with E-state index in [9.17, 15) is 4.79 Å². The number of nitriles is 1. The van der Waals surface area contributed by atoms with Gasteiger partial charge in [0, 0.05) is 18.7 Å². The number of carbonyl (C=O) groups excluding carboxylic acids is 1. The van der Waals surface area contributed by atoms with E-state index in [-0.39, 0.29) is 5.78 Å². The number of aryl methyl sites for hydroxylation is 3. The van der Waals surface area contributed by atoms with Crippen molar-refractivity contribution in [3.05, 3.63) is 34.4 Å². The molecule has 1 fully saturated rings. The van der Waals surface area contributed by atoms with E-state index in [1.165, 1.54) is 5.56 Å². The number of carbonyl (C=O) groups is 1. The van der Waals surface area contributed by atoms with Crippen molar-refractivity contribution >= 4 is 5.78 Å². The second kappa shape index (κ2) is 6.17. The van der Waals surface area contributed by atoms with Crippen molar-refractivity contribution in [3.8, 4) is 6.07 Å². The predicted octanol–water partition coefficient (Wildman–Crippen LogP) is 2.02. The number of ether oxygens (including phenoxy) is 1. The highest BCUT2D eigenvalue weighted by atomic mass is 16.5. The molecule has 0 amide bonds. The van der Waals surface area contributed by atoms with E-state index < -0.39 is 6.10 Å². The van der Waals surface area contributed by atoms with Crippen molar-refractivity contribution in [2.75, 3.05) is 26.2 Å². The van der Waals surface area contributed by atoms with Gasteiger partial charge >= 0.3 is 0 Å². The van der Waals surface area contributed by atoms with Crippen LogP contribution in [-0.4, -0.2) is 43.0 Å². The zero-order chi connectivity index (χ0) is 14.7. The first kappa shape index (κ1) is 14.7. The first-order chi connectivity index (χ1) is 9.51. The number of hydrogen-bond acceptors (Lipinski definition) is 4. The number of rotatable bonds is 3. The molecule has 0 aliphatic carbocycles. The third kappa shape index (κ3) is 3.24. The fourth-order valence-corrected chi connectivity index (χ4v) is 2.47. The largest absolute Gasteiger partial charge is 0.361 e. The number of nitrogens with zero attached hydrogens (tertiary/aromatic N) is 2. The molecular weight excluding hydrogens is 252 g/mol. The van der Waals surface area contributed by atoms with Crippen LogP contribution in [0.2, 0.25) is 0 Å². The van der Waals surface area contributed by atoms with Crippen LogP contribution in [0, 0.1) is 32.1 Å². The summed E-state index contributed by atoms with van der Waals surface area (Å²) < 4.78 is 5.29. The molecule has 0 spiro atoms. The molecule has 0 aromatic heterocycles. The van der Waals surface area contributed by atoms with Crippen molar-refractivity contribution in [2.45, 2.75) is 26.9 Å². The second-order valence-electron chi connectivity index (χ2n) is 5.40. The topological polar surface area (TPSA) is 53.3 Å². The molecule has 0 bridgehead atoms. The third-order valence-corrected chi connectivity index (χ3v) is 3.80. The summed E-state index contributed by atoms with van der Waals surface area (Å²) in [7, 11) is 0. The first-order valence-corrected chi connectivity index (χ1v) is 6.86. The molecule has 1 aromatic rings. The van der Waals surface area contributed by atoms with Crippen molar-refractivity contribution in [1.29, 1.82) is 5.26 Å². The van der Waals surface area contributed by atoms with Gasteiger partial charge < -0.3 is 4.74 Å². The third-order valence-electron chi connectivity index (χ3n) is 3.80. The minimum atomic E-state index is -0.419. The van der Waals surface area contributed by atoms with Crippen molar-refractivity contribution in [2.24, 2.45) is 0 Å². The summed E-state index contributed by atoms with van der Waals surface area (Å²) in [6.07, 6.45) is -0.419. The van der Waals surface area contributed by atoms with Crippen LogP contribution in [-0.2, 0) is 4.74 Å². The number of Topliss-reactive ketones (excluding diaryl/α,β-unsaturated/α-hetero) is 1. The zero-order valence-corrected chi connectivity index (χ0v) is 12.3. The van der Waals surface area contributed by atoms with Gasteiger partial charge in [-0.25, -0.2) is 0 Å². The predicted molar refractivity (Wildman–Crippen MR) is 76.8 cm³/mol. The average molecular weight is 272 g/mol. The number of hydrogen-bond donors (Lipinski definition) is 0. The first-order valence-electron chi connectivity index (χ1n) is 6.86. The van der Waals surface area contributed by atoms with E-state index in [1.54, 1.807) is 0 Å². The molecule has 1 aliphatic heterocycles. The van der Waals surface area contributed by atoms with Crippen molar-refractivity contribution < 1.29 is 9.53 Å². The normalized spacial score (nSPS) is 19.6. The fraction of sp³-hybridized carbons (Fsp3) is 0.500. The van der Waals surface area contributed by atoms with Crippen LogP contribution in [0.25, 0.3) is 0 Å². The Hall–Kier alpha value is -1.70. The van der Waals surface area contributed by atoms with Crippen LogP contribution in [0.4, 0.5) is 0 Å². The van der Waals surface area contributed by atoms with Gasteiger partial charge in [-0.15, -0.1) is 0 Å². The molecule has 4 nitrogen and oxygen atoms in total. The molecule has 1 saturated heterocycles. The van der Waals surface area contributed by atoms with E-state index >= 15 is 0 Å². The molecule has 20 heavy (non-hydrogen) atoms. The van der Waals surface area contributed by atoms with Crippen LogP contribution in [0.15, 0.2) is 12.1 Å². The molecule has 0 radical (unpaired) electrons. The van der Waals surface area contributed by atoms with Crippen LogP contribution in [0.3, 0.4) is 0 Å². The summed E-state index contributed by atoms with van der Waals surface area (Å²) in [6.45, 7) is 8.11. The summed E-state index contributed by atoms with van der Waals surface area (Å²) in [4.78, 5) is 14.4. The van der Waals surface area contributed by atoms with Gasteiger partial charge in [0.05, 0.1) is 19.2 Å². The molecule has 106 valence electrons. The van der Waals surface area contributed by atoms with Crippen LogP contribution < -0.4 is 0 Å². The van der Waals surface area contributed by atoms with E-state index in [2.05, 4.69) is 19.1 Å². The Morgan fingerprint density at radius 3 is 2.75 bits per heavy atom. The highest BCUT2D eigenvalue weighted by Gasteiger charge is 2.22. The average Bonchev–Trinajstić information content (AvgIpc) is 2.43. The van der Waals surface area contributed by atoms with Gasteiger partial charge in [0.15, 0.2) is 11.9 Å². The molecule has 1 aromatic carbocycles. The Bertz CT molecular complexity index is 560. The quantitative estimate of drug-likeness (QED) is 0.790. The van der Waals surface area contributed by atoms with Gasteiger partial charge in [-0.05, 0) is 43.5 Å². The molecule has 0 N–H and O–H groups in total. The van der Waals surface area contributed by atoms with Gasteiger partial charge in [-0.2, -0.15) is 5.26 Å². The Morgan fingerprint density at radius 2 is 2.05 bits per heavy atom. The van der Waals surface area contributed by atoms with E-state index in [4.69, 9.17) is 10.00 Å². The lowest BCUT2D eigenvalue weighted by Gasteiger charge is -2.29. The minimum absolute atomic E-state index is 0.115. The SMILES string of the molecule is Cc1cc(C)c(C(=O)CN2CCOC(C#N)C2)cc1C. The summed E-state index contributed by atoms with van der Waals surface area (Å²) in [6, 6.07) is 6.12. The van der Waals surface area contributed by atoms with Gasteiger partial charge in [0.25, 0.3) is 0 Å². The van der Waals surface area contributed by atoms with Crippen molar-refractivity contribution in [3.63, 3.8) is 0 Å². The highest BCUT2D eigenvalue weighted by Crippen LogP contribution is 2.17. The fourth-order valence-electron chi connectivity index (χ4n) is 2.47. The van der Waals surface area contributed by atoms with Gasteiger partial charge in [-0.3, -0.25) is 9.69 Å². The van der Waals surface area contributed by atoms with Gasteiger partial charge in [0.2, 0.25) is 0 Å². The number of morpholine rings is 1. The lowest BCUT2D eigenvalue weighted by Crippen LogP contribution is -2.44. The van der Waals surface area contributed by atoms with E-state index in [0.29, 0.717) is 26.2 Å². The lowest BCUT2D eigenvalue weighted by atomic mass is 9.98. The lowest BCUT2D eigenvalue weighted by molar-refractivity contribution is 0.00240. The zero-order valence-electron chi connectivity index (χ0n) is 12.3. The molecule has 0 saturated carbocycles.